The Balaban J connectivity index is 1.90. The number of nitrogens with zero attached hydrogens (tertiary/aromatic N) is 1. The molecule has 1 heterocycles. The van der Waals surface area contributed by atoms with E-state index in [1.54, 1.807) is 12.1 Å². The number of pyridine rings is 1. The molecule has 0 unspecified atom stereocenters. The fourth-order valence-corrected chi connectivity index (χ4v) is 1.64. The predicted octanol–water partition coefficient (Wildman–Crippen LogP) is 1.35. The fourth-order valence-electron chi connectivity index (χ4n) is 1.64. The second kappa shape index (κ2) is 6.00. The highest BCUT2D eigenvalue weighted by Crippen LogP contribution is 2.29. The molecular weight excluding hydrogens is 256 g/mol. The van der Waals surface area contributed by atoms with Crippen LogP contribution in [-0.2, 0) is 9.59 Å². The van der Waals surface area contributed by atoms with Crippen LogP contribution in [0.2, 0.25) is 0 Å². The molecule has 0 bridgehead atoms. The van der Waals surface area contributed by atoms with E-state index >= 15 is 0 Å². The normalized spacial score (nSPS) is 15.8. The van der Waals surface area contributed by atoms with Crippen LogP contribution in [0.5, 0.6) is 0 Å². The maximum atomic E-state index is 11.8. The lowest BCUT2D eigenvalue weighted by Crippen LogP contribution is -2.39. The van der Waals surface area contributed by atoms with Gasteiger partial charge in [0.15, 0.2) is 0 Å². The van der Waals surface area contributed by atoms with E-state index in [4.69, 9.17) is 5.73 Å². The Bertz CT molecular complexity index is 494. The lowest BCUT2D eigenvalue weighted by Gasteiger charge is -2.15. The SMILES string of the molecule is CC(C)[C@H](N)C(=O)Nc1ccc(NC(=O)C2CC2)nc1. The summed E-state index contributed by atoms with van der Waals surface area (Å²) in [6, 6.07) is 2.81. The van der Waals surface area contributed by atoms with Gasteiger partial charge in [-0.15, -0.1) is 0 Å². The summed E-state index contributed by atoms with van der Waals surface area (Å²) in [5, 5.41) is 5.44. The van der Waals surface area contributed by atoms with Gasteiger partial charge in [-0.1, -0.05) is 13.8 Å². The van der Waals surface area contributed by atoms with Crippen LogP contribution in [0.1, 0.15) is 26.7 Å². The average Bonchev–Trinajstić information content (AvgIpc) is 3.24. The number of nitrogens with one attached hydrogen (secondary N) is 2. The molecule has 2 amide bonds. The molecule has 0 spiro atoms. The van der Waals surface area contributed by atoms with E-state index in [1.807, 2.05) is 13.8 Å². The Morgan fingerprint density at radius 1 is 1.30 bits per heavy atom. The lowest BCUT2D eigenvalue weighted by molar-refractivity contribution is -0.118. The molecule has 6 heteroatoms. The van der Waals surface area contributed by atoms with Crippen molar-refractivity contribution in [3.63, 3.8) is 0 Å². The van der Waals surface area contributed by atoms with E-state index in [2.05, 4.69) is 15.6 Å². The van der Waals surface area contributed by atoms with Crippen LogP contribution in [0.15, 0.2) is 18.3 Å². The number of carbonyl (C=O) groups is 2. The molecule has 1 aliphatic rings. The van der Waals surface area contributed by atoms with Gasteiger partial charge in [0.2, 0.25) is 11.8 Å². The molecule has 0 aliphatic heterocycles. The molecule has 1 saturated carbocycles. The maximum absolute atomic E-state index is 11.8. The summed E-state index contributed by atoms with van der Waals surface area (Å²) >= 11 is 0. The Labute approximate surface area is 118 Å². The third-order valence-electron chi connectivity index (χ3n) is 3.25. The summed E-state index contributed by atoms with van der Waals surface area (Å²) in [7, 11) is 0. The number of hydrogen-bond donors (Lipinski definition) is 3. The predicted molar refractivity (Wildman–Crippen MR) is 77.0 cm³/mol. The molecule has 6 nitrogen and oxygen atoms in total. The smallest absolute Gasteiger partial charge is 0.241 e. The quantitative estimate of drug-likeness (QED) is 0.756. The second-order valence-corrected chi connectivity index (χ2v) is 5.45. The molecule has 1 fully saturated rings. The van der Waals surface area contributed by atoms with Crippen molar-refractivity contribution >= 4 is 23.3 Å². The van der Waals surface area contributed by atoms with Gasteiger partial charge >= 0.3 is 0 Å². The van der Waals surface area contributed by atoms with Gasteiger partial charge in [-0.05, 0) is 30.9 Å². The maximum Gasteiger partial charge on any atom is 0.241 e. The monoisotopic (exact) mass is 276 g/mol. The van der Waals surface area contributed by atoms with E-state index in [0.29, 0.717) is 11.5 Å². The molecule has 0 aromatic carbocycles. The first-order chi connectivity index (χ1) is 9.47. The van der Waals surface area contributed by atoms with Gasteiger partial charge in [-0.3, -0.25) is 9.59 Å². The van der Waals surface area contributed by atoms with Gasteiger partial charge in [-0.25, -0.2) is 4.98 Å². The van der Waals surface area contributed by atoms with E-state index in [9.17, 15) is 9.59 Å². The van der Waals surface area contributed by atoms with Crippen molar-refractivity contribution < 1.29 is 9.59 Å². The zero-order valence-corrected chi connectivity index (χ0v) is 11.7. The Morgan fingerprint density at radius 2 is 2.00 bits per heavy atom. The summed E-state index contributed by atoms with van der Waals surface area (Å²) < 4.78 is 0. The summed E-state index contributed by atoms with van der Waals surface area (Å²) in [5.74, 6) is 0.473. The van der Waals surface area contributed by atoms with Gasteiger partial charge in [0.05, 0.1) is 17.9 Å². The van der Waals surface area contributed by atoms with Crippen LogP contribution < -0.4 is 16.4 Å². The summed E-state index contributed by atoms with van der Waals surface area (Å²) in [6.45, 7) is 3.78. The molecule has 1 atom stereocenters. The number of carbonyl (C=O) groups excluding carboxylic acids is 2. The van der Waals surface area contributed by atoms with Crippen molar-refractivity contribution in [2.75, 3.05) is 10.6 Å². The van der Waals surface area contributed by atoms with Gasteiger partial charge in [0.25, 0.3) is 0 Å². The highest BCUT2D eigenvalue weighted by Gasteiger charge is 2.29. The molecule has 1 aliphatic carbocycles. The summed E-state index contributed by atoms with van der Waals surface area (Å²) in [4.78, 5) is 27.4. The topological polar surface area (TPSA) is 97.1 Å². The van der Waals surface area contributed by atoms with Gasteiger partial charge < -0.3 is 16.4 Å². The van der Waals surface area contributed by atoms with Crippen molar-refractivity contribution in [1.29, 1.82) is 0 Å². The summed E-state index contributed by atoms with van der Waals surface area (Å²) in [5.41, 5.74) is 6.32. The first kappa shape index (κ1) is 14.5. The van der Waals surface area contributed by atoms with Crippen molar-refractivity contribution in [2.45, 2.75) is 32.7 Å². The Hall–Kier alpha value is -1.95. The molecule has 0 saturated heterocycles. The number of nitrogens with two attached hydrogens (primary N) is 1. The Kier molecular flexibility index (Phi) is 4.34. The fraction of sp³-hybridized carbons (Fsp3) is 0.500. The molecule has 1 aromatic heterocycles. The highest BCUT2D eigenvalue weighted by molar-refractivity contribution is 5.95. The molecule has 1 aromatic rings. The van der Waals surface area contributed by atoms with Crippen molar-refractivity contribution in [3.8, 4) is 0 Å². The second-order valence-electron chi connectivity index (χ2n) is 5.45. The highest BCUT2D eigenvalue weighted by atomic mass is 16.2. The van der Waals surface area contributed by atoms with E-state index in [0.717, 1.165) is 12.8 Å². The van der Waals surface area contributed by atoms with Crippen molar-refractivity contribution in [1.82, 2.24) is 4.98 Å². The lowest BCUT2D eigenvalue weighted by atomic mass is 10.1. The first-order valence-electron chi connectivity index (χ1n) is 6.80. The van der Waals surface area contributed by atoms with Crippen LogP contribution in [0.25, 0.3) is 0 Å². The van der Waals surface area contributed by atoms with Gasteiger partial charge in [0.1, 0.15) is 5.82 Å². The molecule has 2 rings (SSSR count). The molecule has 0 radical (unpaired) electrons. The van der Waals surface area contributed by atoms with Crippen molar-refractivity contribution in [2.24, 2.45) is 17.6 Å². The molecule has 108 valence electrons. The zero-order chi connectivity index (χ0) is 14.7. The minimum absolute atomic E-state index is 0.0103. The number of amides is 2. The molecular formula is C14H20N4O2. The van der Waals surface area contributed by atoms with E-state index in [1.165, 1.54) is 6.20 Å². The van der Waals surface area contributed by atoms with Crippen LogP contribution in [0.4, 0.5) is 11.5 Å². The average molecular weight is 276 g/mol. The zero-order valence-electron chi connectivity index (χ0n) is 11.7. The minimum atomic E-state index is -0.552. The number of rotatable bonds is 5. The van der Waals surface area contributed by atoms with Crippen LogP contribution >= 0.6 is 0 Å². The Morgan fingerprint density at radius 3 is 2.50 bits per heavy atom. The van der Waals surface area contributed by atoms with E-state index in [-0.39, 0.29) is 23.7 Å². The molecule has 4 N–H and O–H groups in total. The first-order valence-corrected chi connectivity index (χ1v) is 6.80. The standard InChI is InChI=1S/C14H20N4O2/c1-8(2)12(15)14(20)17-10-5-6-11(16-7-10)18-13(19)9-3-4-9/h5-9,12H,3-4,15H2,1-2H3,(H,17,20)(H,16,18,19)/t12-/m0/s1. The van der Waals surface area contributed by atoms with Gasteiger partial charge in [-0.2, -0.15) is 0 Å². The number of aromatic nitrogens is 1. The molecule has 20 heavy (non-hydrogen) atoms. The van der Waals surface area contributed by atoms with Gasteiger partial charge in [0, 0.05) is 5.92 Å². The van der Waals surface area contributed by atoms with Crippen LogP contribution in [-0.4, -0.2) is 22.8 Å². The third kappa shape index (κ3) is 3.77. The van der Waals surface area contributed by atoms with E-state index < -0.39 is 6.04 Å². The van der Waals surface area contributed by atoms with Crippen LogP contribution in [0.3, 0.4) is 0 Å². The number of hydrogen-bond acceptors (Lipinski definition) is 4. The largest absolute Gasteiger partial charge is 0.323 e. The third-order valence-corrected chi connectivity index (χ3v) is 3.25. The minimum Gasteiger partial charge on any atom is -0.323 e. The summed E-state index contributed by atoms with van der Waals surface area (Å²) in [6.07, 6.45) is 3.41. The van der Waals surface area contributed by atoms with Crippen LogP contribution in [0, 0.1) is 11.8 Å². The number of anilines is 2. The van der Waals surface area contributed by atoms with Crippen molar-refractivity contribution in [3.05, 3.63) is 18.3 Å².